The van der Waals surface area contributed by atoms with E-state index >= 15 is 0 Å². The number of methoxy groups -OCH3 is 1. The fourth-order valence-corrected chi connectivity index (χ4v) is 2.75. The van der Waals surface area contributed by atoms with Crippen LogP contribution in [0.25, 0.3) is 0 Å². The van der Waals surface area contributed by atoms with E-state index in [2.05, 4.69) is 0 Å². The molecular formula is C13H14N2O3. The summed E-state index contributed by atoms with van der Waals surface area (Å²) in [6.07, 6.45) is 1.11. The maximum atomic E-state index is 12.3. The first-order valence-corrected chi connectivity index (χ1v) is 6.01. The van der Waals surface area contributed by atoms with E-state index in [-0.39, 0.29) is 12.1 Å². The molecule has 0 bridgehead atoms. The van der Waals surface area contributed by atoms with Gasteiger partial charge in [-0.05, 0) is 25.0 Å². The number of nitrogens with zero attached hydrogens (tertiary/aromatic N) is 2. The lowest BCUT2D eigenvalue weighted by Gasteiger charge is -2.39. The molecule has 1 aromatic rings. The van der Waals surface area contributed by atoms with Crippen molar-refractivity contribution in [3.05, 3.63) is 29.8 Å². The maximum Gasteiger partial charge on any atom is 0.415 e. The highest BCUT2D eigenvalue weighted by atomic mass is 16.5. The van der Waals surface area contributed by atoms with Gasteiger partial charge in [0.15, 0.2) is 0 Å². The molecule has 1 atom stereocenters. The molecule has 94 valence electrons. The second-order valence-corrected chi connectivity index (χ2v) is 4.48. The Morgan fingerprint density at radius 2 is 2.17 bits per heavy atom. The third kappa shape index (κ3) is 1.40. The number of hydrogen-bond donors (Lipinski definition) is 0. The predicted molar refractivity (Wildman–Crippen MR) is 65.4 cm³/mol. The van der Waals surface area contributed by atoms with Crippen LogP contribution in [0.4, 0.5) is 10.5 Å². The summed E-state index contributed by atoms with van der Waals surface area (Å²) in [7, 11) is 1.36. The molecule has 2 amide bonds. The van der Waals surface area contributed by atoms with Crippen molar-refractivity contribution in [1.29, 1.82) is 0 Å². The molecule has 0 radical (unpaired) electrons. The summed E-state index contributed by atoms with van der Waals surface area (Å²) in [4.78, 5) is 27.6. The van der Waals surface area contributed by atoms with E-state index in [1.165, 1.54) is 7.11 Å². The van der Waals surface area contributed by atoms with E-state index in [0.717, 1.165) is 12.8 Å². The first kappa shape index (κ1) is 11.1. The third-order valence-electron chi connectivity index (χ3n) is 3.55. The minimum atomic E-state index is -0.410. The fraction of sp³-hybridized carbons (Fsp3) is 0.385. The molecule has 0 aliphatic carbocycles. The summed E-state index contributed by atoms with van der Waals surface area (Å²) in [5, 5.41) is 0. The molecule has 2 aliphatic rings. The molecule has 18 heavy (non-hydrogen) atoms. The molecule has 0 aromatic heterocycles. The monoisotopic (exact) mass is 246 g/mol. The number of anilines is 1. The van der Waals surface area contributed by atoms with Gasteiger partial charge in [0.1, 0.15) is 6.17 Å². The highest BCUT2D eigenvalue weighted by Crippen LogP contribution is 2.36. The average molecular weight is 246 g/mol. The van der Waals surface area contributed by atoms with Gasteiger partial charge in [-0.15, -0.1) is 0 Å². The van der Waals surface area contributed by atoms with Crippen molar-refractivity contribution in [2.45, 2.75) is 19.0 Å². The van der Waals surface area contributed by atoms with Crippen molar-refractivity contribution < 1.29 is 14.3 Å². The number of ether oxygens (including phenoxy) is 1. The van der Waals surface area contributed by atoms with Crippen LogP contribution in [-0.2, 0) is 4.74 Å². The first-order chi connectivity index (χ1) is 8.74. The molecule has 2 heterocycles. The molecule has 3 rings (SSSR count). The molecule has 1 saturated heterocycles. The van der Waals surface area contributed by atoms with E-state index in [0.29, 0.717) is 17.8 Å². The Kier molecular flexibility index (Phi) is 2.47. The first-order valence-electron chi connectivity index (χ1n) is 6.01. The topological polar surface area (TPSA) is 49.9 Å². The number of fused-ring (bicyclic) bond motifs is 2. The zero-order valence-electron chi connectivity index (χ0n) is 10.1. The van der Waals surface area contributed by atoms with Gasteiger partial charge in [0.25, 0.3) is 5.91 Å². The number of rotatable bonds is 0. The van der Waals surface area contributed by atoms with E-state index in [9.17, 15) is 9.59 Å². The number of amides is 2. The molecule has 0 N–H and O–H groups in total. The van der Waals surface area contributed by atoms with E-state index in [1.807, 2.05) is 12.1 Å². The summed E-state index contributed by atoms with van der Waals surface area (Å²) < 4.78 is 4.84. The minimum Gasteiger partial charge on any atom is -0.452 e. The normalized spacial score (nSPS) is 21.6. The third-order valence-corrected chi connectivity index (χ3v) is 3.55. The average Bonchev–Trinajstić information content (AvgIpc) is 2.88. The lowest BCUT2D eigenvalue weighted by molar-refractivity contribution is 0.0711. The zero-order chi connectivity index (χ0) is 12.7. The van der Waals surface area contributed by atoms with Crippen LogP contribution in [-0.4, -0.2) is 36.7 Å². The highest BCUT2D eigenvalue weighted by Gasteiger charge is 2.43. The number of carbonyl (C=O) groups excluding carboxylic acids is 2. The van der Waals surface area contributed by atoms with Gasteiger partial charge in [-0.25, -0.2) is 4.79 Å². The van der Waals surface area contributed by atoms with Crippen molar-refractivity contribution in [2.24, 2.45) is 0 Å². The standard InChI is InChI=1S/C13H14N2O3/c1-18-13(17)15-10-6-3-2-5-9(10)12(16)14-8-4-7-11(14)15/h2-3,5-6,11H,4,7-8H2,1H3. The zero-order valence-corrected chi connectivity index (χ0v) is 10.1. The van der Waals surface area contributed by atoms with Gasteiger partial charge >= 0.3 is 6.09 Å². The minimum absolute atomic E-state index is 0.00764. The van der Waals surface area contributed by atoms with E-state index in [4.69, 9.17) is 4.74 Å². The van der Waals surface area contributed by atoms with Crippen LogP contribution in [0.15, 0.2) is 24.3 Å². The Morgan fingerprint density at radius 1 is 1.39 bits per heavy atom. The van der Waals surface area contributed by atoms with Gasteiger partial charge < -0.3 is 9.64 Å². The van der Waals surface area contributed by atoms with Crippen LogP contribution in [0.2, 0.25) is 0 Å². The van der Waals surface area contributed by atoms with Crippen LogP contribution in [0.1, 0.15) is 23.2 Å². The van der Waals surface area contributed by atoms with Crippen molar-refractivity contribution >= 4 is 17.7 Å². The molecular weight excluding hydrogens is 232 g/mol. The van der Waals surface area contributed by atoms with Gasteiger partial charge in [-0.3, -0.25) is 9.69 Å². The predicted octanol–water partition coefficient (Wildman–Crippen LogP) is 1.84. The lowest BCUT2D eigenvalue weighted by Crippen LogP contribution is -2.54. The lowest BCUT2D eigenvalue weighted by atomic mass is 10.1. The van der Waals surface area contributed by atoms with Gasteiger partial charge in [-0.1, -0.05) is 12.1 Å². The number of para-hydroxylation sites is 1. The Balaban J connectivity index is 2.14. The summed E-state index contributed by atoms with van der Waals surface area (Å²) in [5.74, 6) is 0.00764. The second-order valence-electron chi connectivity index (χ2n) is 4.48. The van der Waals surface area contributed by atoms with Crippen molar-refractivity contribution in [3.8, 4) is 0 Å². The van der Waals surface area contributed by atoms with Gasteiger partial charge in [0.05, 0.1) is 18.4 Å². The van der Waals surface area contributed by atoms with E-state index < -0.39 is 6.09 Å². The van der Waals surface area contributed by atoms with Crippen LogP contribution in [0, 0.1) is 0 Å². The molecule has 2 aliphatic heterocycles. The van der Waals surface area contributed by atoms with Crippen LogP contribution < -0.4 is 4.90 Å². The van der Waals surface area contributed by atoms with E-state index in [1.54, 1.807) is 21.9 Å². The molecule has 1 aromatic carbocycles. The fourth-order valence-electron chi connectivity index (χ4n) is 2.75. The highest BCUT2D eigenvalue weighted by molar-refractivity contribution is 6.06. The SMILES string of the molecule is COC(=O)N1c2ccccc2C(=O)N2CCCC21. The molecule has 1 fully saturated rings. The second kappa shape index (κ2) is 4.01. The summed E-state index contributed by atoms with van der Waals surface area (Å²) >= 11 is 0. The number of hydrogen-bond acceptors (Lipinski definition) is 3. The van der Waals surface area contributed by atoms with Gasteiger partial charge in [-0.2, -0.15) is 0 Å². The molecule has 0 spiro atoms. The number of benzene rings is 1. The Hall–Kier alpha value is -2.04. The van der Waals surface area contributed by atoms with Crippen molar-refractivity contribution in [2.75, 3.05) is 18.6 Å². The van der Waals surface area contributed by atoms with Crippen LogP contribution in [0.3, 0.4) is 0 Å². The Labute approximate surface area is 105 Å². The Morgan fingerprint density at radius 3 is 2.94 bits per heavy atom. The summed E-state index contributed by atoms with van der Waals surface area (Å²) in [6.45, 7) is 0.700. The van der Waals surface area contributed by atoms with Crippen LogP contribution in [0.5, 0.6) is 0 Å². The molecule has 5 heteroatoms. The van der Waals surface area contributed by atoms with Crippen molar-refractivity contribution in [1.82, 2.24) is 4.90 Å². The number of carbonyl (C=O) groups is 2. The molecule has 0 saturated carbocycles. The largest absolute Gasteiger partial charge is 0.452 e. The maximum absolute atomic E-state index is 12.3. The van der Waals surface area contributed by atoms with Gasteiger partial charge in [0.2, 0.25) is 0 Å². The molecule has 1 unspecified atom stereocenters. The summed E-state index contributed by atoms with van der Waals surface area (Å²) in [5.41, 5.74) is 1.22. The summed E-state index contributed by atoms with van der Waals surface area (Å²) in [6, 6.07) is 7.18. The molecule has 5 nitrogen and oxygen atoms in total. The van der Waals surface area contributed by atoms with Crippen LogP contribution >= 0.6 is 0 Å². The quantitative estimate of drug-likeness (QED) is 0.701. The Bertz CT molecular complexity index is 515. The van der Waals surface area contributed by atoms with Crippen molar-refractivity contribution in [3.63, 3.8) is 0 Å². The van der Waals surface area contributed by atoms with Gasteiger partial charge in [0, 0.05) is 6.54 Å². The smallest absolute Gasteiger partial charge is 0.415 e.